The van der Waals surface area contributed by atoms with Crippen LogP contribution < -0.4 is 16.3 Å². The smallest absolute Gasteiger partial charge is 0.325 e. The van der Waals surface area contributed by atoms with Gasteiger partial charge in [0.15, 0.2) is 5.13 Å². The Kier molecular flexibility index (Phi) is 5.58. The lowest BCUT2D eigenvalue weighted by atomic mass is 9.95. The third kappa shape index (κ3) is 3.69. The number of para-hydroxylation sites is 2. The third-order valence-corrected chi connectivity index (χ3v) is 8.91. The number of hydrogen-bond acceptors (Lipinski definition) is 7. The number of carbonyl (C=O) groups excluding carboxylic acids is 3. The van der Waals surface area contributed by atoms with Gasteiger partial charge in [-0.15, -0.1) is 11.3 Å². The Bertz CT molecular complexity index is 1750. The maximum atomic E-state index is 13.4. The zero-order valence-electron chi connectivity index (χ0n) is 20.4. The van der Waals surface area contributed by atoms with Gasteiger partial charge in [-0.25, -0.2) is 19.1 Å². The van der Waals surface area contributed by atoms with Crippen LogP contribution in [-0.2, 0) is 39.8 Å². The van der Waals surface area contributed by atoms with Crippen LogP contribution in [0.2, 0.25) is 0 Å². The molecule has 1 spiro atoms. The van der Waals surface area contributed by atoms with E-state index in [2.05, 4.69) is 15.6 Å². The number of hydrogen-bond donors (Lipinski definition) is 2. The third-order valence-electron chi connectivity index (χ3n) is 7.14. The van der Waals surface area contributed by atoms with Crippen molar-refractivity contribution < 1.29 is 18.6 Å². The van der Waals surface area contributed by atoms with E-state index in [-0.39, 0.29) is 12.5 Å². The first-order valence-electron chi connectivity index (χ1n) is 11.7. The summed E-state index contributed by atoms with van der Waals surface area (Å²) in [5.74, 6) is -0.719. The second kappa shape index (κ2) is 8.74. The Morgan fingerprint density at radius 2 is 1.87 bits per heavy atom. The minimum atomic E-state index is -1.28. The number of likely N-dealkylation sites (N-methyl/N-ethyl adjacent to an activating group) is 1. The normalized spacial score (nSPS) is 19.3. The van der Waals surface area contributed by atoms with E-state index >= 15 is 0 Å². The van der Waals surface area contributed by atoms with Gasteiger partial charge in [0.2, 0.25) is 5.91 Å². The fourth-order valence-corrected chi connectivity index (χ4v) is 6.80. The van der Waals surface area contributed by atoms with E-state index < -0.39 is 34.0 Å². The molecule has 1 saturated heterocycles. The molecule has 0 radical (unpaired) electrons. The maximum absolute atomic E-state index is 13.4. The van der Waals surface area contributed by atoms with Gasteiger partial charge in [0.05, 0.1) is 21.8 Å². The first-order valence-corrected chi connectivity index (χ1v) is 14.1. The fourth-order valence-electron chi connectivity index (χ4n) is 5.15. The molecule has 38 heavy (non-hydrogen) atoms. The van der Waals surface area contributed by atoms with Gasteiger partial charge in [-0.05, 0) is 35.4 Å². The molecule has 11 nitrogen and oxygen atoms in total. The SMILES string of the molecule is CN1C(=O)NC(=O)C12Cc1ccc(NC(=O)Cn3c(=O)n(-c4nc(S(C)=O)cs4)c4ccccc43)cc1C2. The quantitative estimate of drug-likeness (QED) is 0.363. The predicted octanol–water partition coefficient (Wildman–Crippen LogP) is 1.64. The van der Waals surface area contributed by atoms with Crippen molar-refractivity contribution in [2.24, 2.45) is 0 Å². The predicted molar refractivity (Wildman–Crippen MR) is 142 cm³/mol. The highest BCUT2D eigenvalue weighted by atomic mass is 32.2. The van der Waals surface area contributed by atoms with Crippen molar-refractivity contribution in [3.05, 3.63) is 69.5 Å². The molecule has 6 rings (SSSR count). The molecule has 4 aromatic rings. The minimum Gasteiger partial charge on any atom is -0.325 e. The molecule has 0 saturated carbocycles. The Morgan fingerprint density at radius 3 is 2.55 bits per heavy atom. The van der Waals surface area contributed by atoms with Gasteiger partial charge in [-0.1, -0.05) is 18.2 Å². The van der Waals surface area contributed by atoms with E-state index in [9.17, 15) is 23.4 Å². The number of nitrogens with zero attached hydrogens (tertiary/aromatic N) is 4. The molecular formula is C25H22N6O5S2. The van der Waals surface area contributed by atoms with Crippen LogP contribution in [-0.4, -0.2) is 59.9 Å². The summed E-state index contributed by atoms with van der Waals surface area (Å²) in [6, 6.07) is 12.1. The highest BCUT2D eigenvalue weighted by molar-refractivity contribution is 7.84. The zero-order valence-corrected chi connectivity index (χ0v) is 22.0. The summed E-state index contributed by atoms with van der Waals surface area (Å²) < 4.78 is 14.6. The molecule has 3 heterocycles. The Labute approximate surface area is 222 Å². The molecule has 1 aliphatic carbocycles. The number of rotatable bonds is 5. The van der Waals surface area contributed by atoms with Gasteiger partial charge in [0, 0.05) is 37.2 Å². The van der Waals surface area contributed by atoms with E-state index in [4.69, 9.17) is 0 Å². The number of amides is 4. The number of anilines is 1. The van der Waals surface area contributed by atoms with Gasteiger partial charge in [-0.3, -0.25) is 23.7 Å². The molecule has 2 aromatic heterocycles. The molecule has 2 aromatic carbocycles. The zero-order chi connectivity index (χ0) is 26.8. The van der Waals surface area contributed by atoms with Gasteiger partial charge >= 0.3 is 11.7 Å². The van der Waals surface area contributed by atoms with Gasteiger partial charge < -0.3 is 10.2 Å². The van der Waals surface area contributed by atoms with E-state index in [0.29, 0.717) is 39.7 Å². The van der Waals surface area contributed by atoms with Crippen LogP contribution in [0.3, 0.4) is 0 Å². The standard InChI is InChI=1S/C25H22N6O5S2/c1-29-22(34)28-21(33)25(29)10-14-7-8-16(9-15(14)11-25)26-19(32)12-30-17-5-3-4-6-18(17)31(24(30)35)23-27-20(13-37-23)38(2)36/h3-9,13H,10-12H2,1-2H3,(H,26,32)(H,28,33,34). The minimum absolute atomic E-state index is 0.231. The Morgan fingerprint density at radius 1 is 1.13 bits per heavy atom. The molecule has 4 amide bonds. The second-order valence-electron chi connectivity index (χ2n) is 9.35. The van der Waals surface area contributed by atoms with E-state index in [1.54, 1.807) is 48.8 Å². The van der Waals surface area contributed by atoms with Gasteiger partial charge in [-0.2, -0.15) is 0 Å². The van der Waals surface area contributed by atoms with E-state index in [1.807, 2.05) is 6.07 Å². The molecule has 13 heteroatoms. The Hall–Kier alpha value is -4.10. The number of benzene rings is 2. The molecule has 1 aliphatic heterocycles. The fraction of sp³-hybridized carbons (Fsp3) is 0.240. The molecule has 194 valence electrons. The number of urea groups is 1. The van der Waals surface area contributed by atoms with Gasteiger partial charge in [0.25, 0.3) is 5.91 Å². The molecule has 0 bridgehead atoms. The lowest BCUT2D eigenvalue weighted by Crippen LogP contribution is -2.48. The summed E-state index contributed by atoms with van der Waals surface area (Å²) in [7, 11) is 0.324. The number of imidazole rings is 1. The second-order valence-corrected chi connectivity index (χ2v) is 11.5. The maximum Gasteiger partial charge on any atom is 0.336 e. The number of carbonyl (C=O) groups is 3. The van der Waals surface area contributed by atoms with Crippen LogP contribution >= 0.6 is 11.3 Å². The lowest BCUT2D eigenvalue weighted by molar-refractivity contribution is -0.125. The van der Waals surface area contributed by atoms with Crippen LogP contribution in [0.25, 0.3) is 16.2 Å². The molecule has 2 atom stereocenters. The summed E-state index contributed by atoms with van der Waals surface area (Å²) in [4.78, 5) is 56.8. The number of nitrogens with one attached hydrogen (secondary N) is 2. The van der Waals surface area contributed by atoms with Crippen molar-refractivity contribution in [1.82, 2.24) is 24.3 Å². The topological polar surface area (TPSA) is 135 Å². The average Bonchev–Trinajstić information content (AvgIpc) is 3.62. The monoisotopic (exact) mass is 550 g/mol. The highest BCUT2D eigenvalue weighted by Gasteiger charge is 2.54. The molecule has 2 unspecified atom stereocenters. The van der Waals surface area contributed by atoms with Crippen LogP contribution in [0.15, 0.2) is 57.7 Å². The number of imide groups is 1. The lowest BCUT2D eigenvalue weighted by Gasteiger charge is -2.27. The summed E-state index contributed by atoms with van der Waals surface area (Å²) in [6.07, 6.45) is 2.28. The summed E-state index contributed by atoms with van der Waals surface area (Å²) in [5.41, 5.74) is 2.13. The summed E-state index contributed by atoms with van der Waals surface area (Å²) >= 11 is 1.21. The molecule has 2 N–H and O–H groups in total. The van der Waals surface area contributed by atoms with Crippen molar-refractivity contribution in [3.8, 4) is 5.13 Å². The average molecular weight is 551 g/mol. The number of aromatic nitrogens is 3. The van der Waals surface area contributed by atoms with Crippen LogP contribution in [0.1, 0.15) is 11.1 Å². The van der Waals surface area contributed by atoms with E-state index in [1.165, 1.54) is 31.6 Å². The number of thiazole rings is 1. The van der Waals surface area contributed by atoms with Gasteiger partial charge in [0.1, 0.15) is 17.1 Å². The molecule has 1 fully saturated rings. The van der Waals surface area contributed by atoms with Crippen LogP contribution in [0.5, 0.6) is 0 Å². The molecule has 2 aliphatic rings. The van der Waals surface area contributed by atoms with E-state index in [0.717, 1.165) is 11.1 Å². The van der Waals surface area contributed by atoms with Crippen molar-refractivity contribution >= 4 is 56.7 Å². The summed E-state index contributed by atoms with van der Waals surface area (Å²) in [5, 5.41) is 7.63. The van der Waals surface area contributed by atoms with Crippen molar-refractivity contribution in [1.29, 1.82) is 0 Å². The van der Waals surface area contributed by atoms with Crippen LogP contribution in [0, 0.1) is 0 Å². The van der Waals surface area contributed by atoms with Crippen molar-refractivity contribution in [3.63, 3.8) is 0 Å². The van der Waals surface area contributed by atoms with Crippen molar-refractivity contribution in [2.45, 2.75) is 30.0 Å². The number of fused-ring (bicyclic) bond motifs is 2. The largest absolute Gasteiger partial charge is 0.336 e. The molecular weight excluding hydrogens is 528 g/mol. The first-order chi connectivity index (χ1) is 18.2. The van der Waals surface area contributed by atoms with Crippen LogP contribution in [0.4, 0.5) is 10.5 Å². The highest BCUT2D eigenvalue weighted by Crippen LogP contribution is 2.38. The first kappa shape index (κ1) is 24.2. The van der Waals surface area contributed by atoms with Crippen molar-refractivity contribution in [2.75, 3.05) is 18.6 Å². The summed E-state index contributed by atoms with van der Waals surface area (Å²) in [6.45, 7) is -0.231. The Balaban J connectivity index is 1.26.